The van der Waals surface area contributed by atoms with Gasteiger partial charge in [0.1, 0.15) is 17.4 Å². The highest BCUT2D eigenvalue weighted by Crippen LogP contribution is 2.25. The Kier molecular flexibility index (Phi) is 4.64. The molecule has 0 aliphatic carbocycles. The van der Waals surface area contributed by atoms with Crippen molar-refractivity contribution in [3.05, 3.63) is 11.5 Å². The van der Waals surface area contributed by atoms with E-state index in [0.29, 0.717) is 17.1 Å². The summed E-state index contributed by atoms with van der Waals surface area (Å²) in [6.07, 6.45) is -4.25. The Morgan fingerprint density at radius 3 is 2.32 bits per heavy atom. The number of carbonyl (C=O) groups is 1. The van der Waals surface area contributed by atoms with Crippen LogP contribution in [0.3, 0.4) is 0 Å². The van der Waals surface area contributed by atoms with Gasteiger partial charge < -0.3 is 14.7 Å². The highest BCUT2D eigenvalue weighted by Gasteiger charge is 2.41. The van der Waals surface area contributed by atoms with Crippen LogP contribution in [0.4, 0.5) is 23.7 Å². The fraction of sp³-hybridized carbons (Fsp3) is 0.692. The molecule has 1 aliphatic heterocycles. The van der Waals surface area contributed by atoms with E-state index in [9.17, 15) is 18.0 Å². The van der Waals surface area contributed by atoms with Gasteiger partial charge in [0.05, 0.1) is 0 Å². The van der Waals surface area contributed by atoms with Gasteiger partial charge in [-0.05, 0) is 20.8 Å². The molecular weight excluding hydrogens is 301 g/mol. The van der Waals surface area contributed by atoms with E-state index in [-0.39, 0.29) is 32.2 Å². The molecule has 1 unspecified atom stereocenters. The summed E-state index contributed by atoms with van der Waals surface area (Å²) >= 11 is 0. The topological polar surface area (TPSA) is 61.6 Å². The Balaban J connectivity index is 1.90. The fourth-order valence-corrected chi connectivity index (χ4v) is 2.37. The summed E-state index contributed by atoms with van der Waals surface area (Å²) in [5, 5.41) is 6.43. The summed E-state index contributed by atoms with van der Waals surface area (Å²) in [4.78, 5) is 15.0. The SMILES string of the molecule is Cc1noc(C)c1NC(=O)N1CCN(C(C)C(F)(F)F)CC1. The number of carbonyl (C=O) groups excluding carboxylic acids is 1. The fourth-order valence-electron chi connectivity index (χ4n) is 2.37. The lowest BCUT2D eigenvalue weighted by atomic mass is 10.2. The van der Waals surface area contributed by atoms with Gasteiger partial charge >= 0.3 is 12.2 Å². The number of rotatable bonds is 2. The zero-order valence-electron chi connectivity index (χ0n) is 12.7. The number of piperazine rings is 1. The first-order valence-electron chi connectivity index (χ1n) is 6.99. The predicted molar refractivity (Wildman–Crippen MR) is 73.7 cm³/mol. The average Bonchev–Trinajstić information content (AvgIpc) is 2.77. The molecule has 1 N–H and O–H groups in total. The largest absolute Gasteiger partial charge is 0.403 e. The Bertz CT molecular complexity index is 516. The molecule has 2 rings (SSSR count). The maximum absolute atomic E-state index is 12.7. The number of nitrogens with zero attached hydrogens (tertiary/aromatic N) is 3. The van der Waals surface area contributed by atoms with Gasteiger partial charge in [0.15, 0.2) is 5.76 Å². The Hall–Kier alpha value is -1.77. The lowest BCUT2D eigenvalue weighted by Crippen LogP contribution is -2.55. The van der Waals surface area contributed by atoms with Gasteiger partial charge in [0, 0.05) is 26.2 Å². The molecule has 6 nitrogen and oxygen atoms in total. The van der Waals surface area contributed by atoms with Gasteiger partial charge in [-0.1, -0.05) is 5.16 Å². The summed E-state index contributed by atoms with van der Waals surface area (Å²) in [5.41, 5.74) is 1.08. The minimum absolute atomic E-state index is 0.190. The molecule has 2 amide bonds. The van der Waals surface area contributed by atoms with Crippen LogP contribution in [0.15, 0.2) is 4.52 Å². The Morgan fingerprint density at radius 1 is 1.27 bits per heavy atom. The van der Waals surface area contributed by atoms with Crippen molar-refractivity contribution in [2.75, 3.05) is 31.5 Å². The molecule has 22 heavy (non-hydrogen) atoms. The van der Waals surface area contributed by atoms with E-state index >= 15 is 0 Å². The van der Waals surface area contributed by atoms with Crippen molar-refractivity contribution in [1.82, 2.24) is 15.0 Å². The van der Waals surface area contributed by atoms with E-state index in [0.717, 1.165) is 6.92 Å². The molecule has 1 aromatic heterocycles. The van der Waals surface area contributed by atoms with Crippen LogP contribution in [-0.2, 0) is 0 Å². The number of alkyl halides is 3. The third-order valence-electron chi connectivity index (χ3n) is 3.89. The number of amides is 2. The van der Waals surface area contributed by atoms with E-state index in [2.05, 4.69) is 10.5 Å². The summed E-state index contributed by atoms with van der Waals surface area (Å²) in [6.45, 7) is 5.39. The minimum Gasteiger partial charge on any atom is -0.359 e. The molecule has 1 aliphatic rings. The number of aryl methyl sites for hydroxylation is 2. The van der Waals surface area contributed by atoms with E-state index in [1.807, 2.05) is 0 Å². The molecule has 0 spiro atoms. The molecule has 0 aromatic carbocycles. The molecule has 9 heteroatoms. The molecule has 1 aromatic rings. The molecule has 1 fully saturated rings. The van der Waals surface area contributed by atoms with Crippen LogP contribution in [-0.4, -0.2) is 59.4 Å². The predicted octanol–water partition coefficient (Wildman–Crippen LogP) is 2.39. The summed E-state index contributed by atoms with van der Waals surface area (Å²) in [5.74, 6) is 0.496. The molecule has 0 saturated carbocycles. The van der Waals surface area contributed by atoms with Crippen LogP contribution in [0.1, 0.15) is 18.4 Å². The number of hydrogen-bond donors (Lipinski definition) is 1. The molecule has 0 bridgehead atoms. The first-order valence-corrected chi connectivity index (χ1v) is 6.99. The van der Waals surface area contributed by atoms with Crippen molar-refractivity contribution in [3.63, 3.8) is 0 Å². The van der Waals surface area contributed by atoms with Gasteiger partial charge in [-0.2, -0.15) is 13.2 Å². The maximum Gasteiger partial charge on any atom is 0.403 e. The molecule has 1 saturated heterocycles. The molecule has 124 valence electrons. The van der Waals surface area contributed by atoms with Crippen molar-refractivity contribution in [1.29, 1.82) is 0 Å². The van der Waals surface area contributed by atoms with E-state index < -0.39 is 12.2 Å². The van der Waals surface area contributed by atoms with Crippen LogP contribution < -0.4 is 5.32 Å². The summed E-state index contributed by atoms with van der Waals surface area (Å²) < 4.78 is 43.0. The highest BCUT2D eigenvalue weighted by atomic mass is 19.4. The first kappa shape index (κ1) is 16.6. The van der Waals surface area contributed by atoms with E-state index in [1.54, 1.807) is 13.8 Å². The Labute approximate surface area is 126 Å². The van der Waals surface area contributed by atoms with Crippen molar-refractivity contribution < 1.29 is 22.5 Å². The number of urea groups is 1. The van der Waals surface area contributed by atoms with Gasteiger partial charge in [-0.25, -0.2) is 4.79 Å². The lowest BCUT2D eigenvalue weighted by Gasteiger charge is -2.38. The monoisotopic (exact) mass is 320 g/mol. The first-order chi connectivity index (χ1) is 10.2. The molecule has 0 radical (unpaired) electrons. The van der Waals surface area contributed by atoms with Crippen molar-refractivity contribution >= 4 is 11.7 Å². The minimum atomic E-state index is -4.25. The number of aromatic nitrogens is 1. The second-order valence-corrected chi connectivity index (χ2v) is 5.37. The van der Waals surface area contributed by atoms with Gasteiger partial charge in [0.2, 0.25) is 0 Å². The summed E-state index contributed by atoms with van der Waals surface area (Å²) in [7, 11) is 0. The molecule has 2 heterocycles. The zero-order chi connectivity index (χ0) is 16.5. The van der Waals surface area contributed by atoms with Crippen LogP contribution in [0.5, 0.6) is 0 Å². The number of halogens is 3. The van der Waals surface area contributed by atoms with Gasteiger partial charge in [-0.15, -0.1) is 0 Å². The quantitative estimate of drug-likeness (QED) is 0.909. The second kappa shape index (κ2) is 6.15. The van der Waals surface area contributed by atoms with Gasteiger partial charge in [-0.3, -0.25) is 4.90 Å². The van der Waals surface area contributed by atoms with Crippen LogP contribution in [0, 0.1) is 13.8 Å². The zero-order valence-corrected chi connectivity index (χ0v) is 12.7. The number of nitrogens with one attached hydrogen (secondary N) is 1. The lowest BCUT2D eigenvalue weighted by molar-refractivity contribution is -0.181. The smallest absolute Gasteiger partial charge is 0.359 e. The van der Waals surface area contributed by atoms with Crippen LogP contribution >= 0.6 is 0 Å². The Morgan fingerprint density at radius 2 is 1.86 bits per heavy atom. The third kappa shape index (κ3) is 3.52. The number of anilines is 1. The average molecular weight is 320 g/mol. The summed E-state index contributed by atoms with van der Waals surface area (Å²) in [6, 6.07) is -1.85. The van der Waals surface area contributed by atoms with Crippen LogP contribution in [0.2, 0.25) is 0 Å². The van der Waals surface area contributed by atoms with Gasteiger partial charge in [0.25, 0.3) is 0 Å². The van der Waals surface area contributed by atoms with E-state index in [4.69, 9.17) is 4.52 Å². The molecule has 1 atom stereocenters. The van der Waals surface area contributed by atoms with E-state index in [1.165, 1.54) is 9.80 Å². The van der Waals surface area contributed by atoms with Crippen molar-refractivity contribution in [2.24, 2.45) is 0 Å². The van der Waals surface area contributed by atoms with Crippen molar-refractivity contribution in [3.8, 4) is 0 Å². The molecular formula is C13H19F3N4O2. The van der Waals surface area contributed by atoms with Crippen LogP contribution in [0.25, 0.3) is 0 Å². The second-order valence-electron chi connectivity index (χ2n) is 5.37. The third-order valence-corrected chi connectivity index (χ3v) is 3.89. The van der Waals surface area contributed by atoms with Crippen molar-refractivity contribution in [2.45, 2.75) is 33.0 Å². The maximum atomic E-state index is 12.7. The normalized spacial score (nSPS) is 18.4. The standard InChI is InChI=1S/C13H19F3N4O2/c1-8-11(9(2)22-18-8)17-12(21)20-6-4-19(5-7-20)10(3)13(14,15)16/h10H,4-7H2,1-3H3,(H,17,21). The highest BCUT2D eigenvalue weighted by molar-refractivity contribution is 5.90. The number of hydrogen-bond acceptors (Lipinski definition) is 4.